The van der Waals surface area contributed by atoms with Crippen molar-refractivity contribution in [2.75, 3.05) is 13.1 Å². The van der Waals surface area contributed by atoms with E-state index in [0.717, 1.165) is 25.7 Å². The summed E-state index contributed by atoms with van der Waals surface area (Å²) in [4.78, 5) is 33.6. The van der Waals surface area contributed by atoms with Gasteiger partial charge in [0.05, 0.1) is 13.0 Å². The monoisotopic (exact) mass is 387 g/mol. The first-order valence-electron chi connectivity index (χ1n) is 9.91. The summed E-state index contributed by atoms with van der Waals surface area (Å²) in [7, 11) is 0. The molecule has 1 aliphatic carbocycles. The van der Waals surface area contributed by atoms with Crippen LogP contribution in [0.2, 0.25) is 0 Å². The number of amidine groups is 1. The van der Waals surface area contributed by atoms with E-state index in [1.165, 1.54) is 4.90 Å². The fourth-order valence-electron chi connectivity index (χ4n) is 4.57. The molecule has 0 aromatic carbocycles. The minimum absolute atomic E-state index is 0.0199. The number of hydrogen-bond acceptors (Lipinski definition) is 3. The van der Waals surface area contributed by atoms with Gasteiger partial charge in [0.15, 0.2) is 5.54 Å². The molecule has 1 unspecified atom stereocenters. The number of rotatable bonds is 4. The summed E-state index contributed by atoms with van der Waals surface area (Å²) in [5, 5.41) is 0. The molecular weight excluding hydrogens is 359 g/mol. The van der Waals surface area contributed by atoms with Gasteiger partial charge in [-0.3, -0.25) is 19.5 Å². The third-order valence-electron chi connectivity index (χ3n) is 5.87. The van der Waals surface area contributed by atoms with Crippen molar-refractivity contribution in [3.63, 3.8) is 0 Å². The number of alkyl halides is 3. The molecule has 0 radical (unpaired) electrons. The number of hydrogen-bond donors (Lipinski definition) is 0. The van der Waals surface area contributed by atoms with E-state index in [4.69, 9.17) is 0 Å². The van der Waals surface area contributed by atoms with E-state index < -0.39 is 18.1 Å². The highest BCUT2D eigenvalue weighted by atomic mass is 19.4. The van der Waals surface area contributed by atoms with Crippen LogP contribution >= 0.6 is 0 Å². The van der Waals surface area contributed by atoms with Gasteiger partial charge in [0.25, 0.3) is 5.91 Å². The van der Waals surface area contributed by atoms with E-state index >= 15 is 0 Å². The Kier molecular flexibility index (Phi) is 5.54. The molecule has 0 bridgehead atoms. The molecule has 1 spiro atoms. The maximum Gasteiger partial charge on any atom is 0.389 e. The summed E-state index contributed by atoms with van der Waals surface area (Å²) >= 11 is 0. The van der Waals surface area contributed by atoms with Crippen molar-refractivity contribution >= 4 is 17.6 Å². The first-order valence-corrected chi connectivity index (χ1v) is 9.91. The van der Waals surface area contributed by atoms with Crippen LogP contribution in [0.4, 0.5) is 13.2 Å². The average molecular weight is 387 g/mol. The van der Waals surface area contributed by atoms with E-state index in [1.54, 1.807) is 18.7 Å². The number of carbonyl (C=O) groups is 2. The summed E-state index contributed by atoms with van der Waals surface area (Å²) in [6.45, 7) is 4.36. The Hall–Kier alpha value is -1.60. The van der Waals surface area contributed by atoms with Gasteiger partial charge < -0.3 is 4.90 Å². The number of halogens is 3. The number of aliphatic imine (C=N–C) groups is 1. The topological polar surface area (TPSA) is 53.0 Å². The Morgan fingerprint density at radius 1 is 1.26 bits per heavy atom. The zero-order chi connectivity index (χ0) is 19.8. The van der Waals surface area contributed by atoms with Crippen LogP contribution < -0.4 is 0 Å². The fourth-order valence-corrected chi connectivity index (χ4v) is 4.57. The summed E-state index contributed by atoms with van der Waals surface area (Å²) in [5.41, 5.74) is -1.10. The molecule has 2 aliphatic heterocycles. The van der Waals surface area contributed by atoms with Crippen LogP contribution in [0.25, 0.3) is 0 Å². The van der Waals surface area contributed by atoms with Gasteiger partial charge in [-0.1, -0.05) is 12.8 Å². The Morgan fingerprint density at radius 3 is 2.52 bits per heavy atom. The predicted molar refractivity (Wildman–Crippen MR) is 95.2 cm³/mol. The lowest BCUT2D eigenvalue weighted by molar-refractivity contribution is -0.142. The molecule has 1 atom stereocenters. The summed E-state index contributed by atoms with van der Waals surface area (Å²) in [6.07, 6.45) is -0.589. The van der Waals surface area contributed by atoms with Gasteiger partial charge in [0, 0.05) is 24.9 Å². The van der Waals surface area contributed by atoms with Crippen molar-refractivity contribution in [3.8, 4) is 0 Å². The summed E-state index contributed by atoms with van der Waals surface area (Å²) < 4.78 is 38.1. The average Bonchev–Trinajstić information content (AvgIpc) is 3.20. The van der Waals surface area contributed by atoms with Gasteiger partial charge in [0.2, 0.25) is 5.91 Å². The first-order chi connectivity index (χ1) is 12.6. The van der Waals surface area contributed by atoms with Crippen molar-refractivity contribution in [2.24, 2.45) is 10.9 Å². The molecule has 2 amide bonds. The molecule has 2 fully saturated rings. The van der Waals surface area contributed by atoms with Crippen molar-refractivity contribution in [3.05, 3.63) is 0 Å². The highest BCUT2D eigenvalue weighted by molar-refractivity contribution is 6.09. The minimum atomic E-state index is -4.29. The first kappa shape index (κ1) is 20.1. The van der Waals surface area contributed by atoms with E-state index in [1.807, 2.05) is 0 Å². The highest BCUT2D eigenvalue weighted by Gasteiger charge is 2.52. The quantitative estimate of drug-likeness (QED) is 0.741. The van der Waals surface area contributed by atoms with Crippen LogP contribution in [-0.4, -0.2) is 58.3 Å². The zero-order valence-corrected chi connectivity index (χ0v) is 16.0. The molecule has 1 saturated carbocycles. The van der Waals surface area contributed by atoms with Crippen molar-refractivity contribution in [1.29, 1.82) is 0 Å². The lowest BCUT2D eigenvalue weighted by Crippen LogP contribution is -2.56. The van der Waals surface area contributed by atoms with Gasteiger partial charge >= 0.3 is 6.18 Å². The number of carbonyl (C=O) groups excluding carboxylic acids is 2. The lowest BCUT2D eigenvalue weighted by atomic mass is 9.88. The largest absolute Gasteiger partial charge is 0.389 e. The lowest BCUT2D eigenvalue weighted by Gasteiger charge is -2.38. The van der Waals surface area contributed by atoms with E-state index in [9.17, 15) is 22.8 Å². The van der Waals surface area contributed by atoms with Crippen molar-refractivity contribution < 1.29 is 22.8 Å². The molecule has 2 heterocycles. The number of piperidine rings is 1. The molecule has 152 valence electrons. The third-order valence-corrected chi connectivity index (χ3v) is 5.87. The van der Waals surface area contributed by atoms with Crippen molar-refractivity contribution in [2.45, 2.75) is 83.0 Å². The highest BCUT2D eigenvalue weighted by Crippen LogP contribution is 2.37. The zero-order valence-electron chi connectivity index (χ0n) is 16.0. The van der Waals surface area contributed by atoms with E-state index in [-0.39, 0.29) is 42.6 Å². The molecule has 0 aromatic rings. The van der Waals surface area contributed by atoms with Crippen LogP contribution in [0.3, 0.4) is 0 Å². The molecule has 1 saturated heterocycles. The van der Waals surface area contributed by atoms with E-state index in [2.05, 4.69) is 4.99 Å². The van der Waals surface area contributed by atoms with Crippen LogP contribution in [0, 0.1) is 5.92 Å². The standard InChI is InChI=1S/C19H28F3N3O2/c1-13(2)25-15(8-10-19(20,21)22)23-18(17(25)27)9-5-11-24(12-18)16(26)14-6-3-4-7-14/h13-14H,3-12H2,1-2H3. The van der Waals surface area contributed by atoms with Gasteiger partial charge in [-0.15, -0.1) is 0 Å². The Labute approximate surface area is 158 Å². The van der Waals surface area contributed by atoms with E-state index in [0.29, 0.717) is 19.4 Å². The second-order valence-electron chi connectivity index (χ2n) is 8.29. The number of nitrogens with zero attached hydrogens (tertiary/aromatic N) is 3. The maximum absolute atomic E-state index is 13.1. The Bertz CT molecular complexity index is 626. The fraction of sp³-hybridized carbons (Fsp3) is 0.842. The summed E-state index contributed by atoms with van der Waals surface area (Å²) in [6, 6.07) is -0.259. The third kappa shape index (κ3) is 4.14. The van der Waals surface area contributed by atoms with Crippen LogP contribution in [0.5, 0.6) is 0 Å². The SMILES string of the molecule is CC(C)N1C(=O)C2(CCCN(C(=O)C3CCCC3)C2)N=C1CCC(F)(F)F. The van der Waals surface area contributed by atoms with Gasteiger partial charge in [-0.2, -0.15) is 13.2 Å². The molecule has 0 aromatic heterocycles. The maximum atomic E-state index is 13.1. The molecule has 8 heteroatoms. The number of amides is 2. The smallest absolute Gasteiger partial charge is 0.339 e. The Morgan fingerprint density at radius 2 is 1.93 bits per heavy atom. The van der Waals surface area contributed by atoms with Crippen LogP contribution in [0.15, 0.2) is 4.99 Å². The number of likely N-dealkylation sites (tertiary alicyclic amines) is 1. The second-order valence-corrected chi connectivity index (χ2v) is 8.29. The molecule has 3 aliphatic rings. The molecule has 27 heavy (non-hydrogen) atoms. The molecular formula is C19H28F3N3O2. The second kappa shape index (κ2) is 7.43. The summed E-state index contributed by atoms with van der Waals surface area (Å²) in [5.74, 6) is 0.0574. The van der Waals surface area contributed by atoms with Gasteiger partial charge in [-0.05, 0) is 39.5 Å². The molecule has 5 nitrogen and oxygen atoms in total. The predicted octanol–water partition coefficient (Wildman–Crippen LogP) is 3.53. The Balaban J connectivity index is 1.80. The molecule has 3 rings (SSSR count). The normalized spacial score (nSPS) is 27.2. The van der Waals surface area contributed by atoms with Crippen molar-refractivity contribution in [1.82, 2.24) is 9.80 Å². The van der Waals surface area contributed by atoms with Gasteiger partial charge in [0.1, 0.15) is 5.84 Å². The minimum Gasteiger partial charge on any atom is -0.339 e. The van der Waals surface area contributed by atoms with Crippen LogP contribution in [0.1, 0.15) is 65.2 Å². The van der Waals surface area contributed by atoms with Crippen LogP contribution in [-0.2, 0) is 9.59 Å². The molecule has 0 N–H and O–H groups in total. The van der Waals surface area contributed by atoms with Gasteiger partial charge in [-0.25, -0.2) is 0 Å².